The molecule has 0 atom stereocenters. The zero-order chi connectivity index (χ0) is 11.8. The molecule has 2 aliphatic rings. The highest BCUT2D eigenvalue weighted by Gasteiger charge is 2.25. The van der Waals surface area contributed by atoms with Gasteiger partial charge in [0, 0.05) is 24.8 Å². The fourth-order valence-corrected chi connectivity index (χ4v) is 2.56. The van der Waals surface area contributed by atoms with Gasteiger partial charge in [-0.05, 0) is 54.7 Å². The van der Waals surface area contributed by atoms with Crippen molar-refractivity contribution in [3.05, 3.63) is 29.3 Å². The lowest BCUT2D eigenvalue weighted by atomic mass is 9.99. The van der Waals surface area contributed by atoms with Crippen molar-refractivity contribution in [2.24, 2.45) is 0 Å². The average Bonchev–Trinajstić information content (AvgIpc) is 3.12. The number of thiocarbonyl (C=S) groups is 1. The van der Waals surface area contributed by atoms with Crippen molar-refractivity contribution in [3.63, 3.8) is 0 Å². The Morgan fingerprint density at radius 1 is 1.35 bits per heavy atom. The first-order valence-corrected chi connectivity index (χ1v) is 6.56. The van der Waals surface area contributed by atoms with Crippen LogP contribution in [0.25, 0.3) is 0 Å². The highest BCUT2D eigenvalue weighted by molar-refractivity contribution is 7.80. The summed E-state index contributed by atoms with van der Waals surface area (Å²) in [6, 6.07) is 6.82. The van der Waals surface area contributed by atoms with Crippen LogP contribution in [-0.2, 0) is 13.0 Å². The fraction of sp³-hybridized carbons (Fsp3) is 0.462. The summed E-state index contributed by atoms with van der Waals surface area (Å²) in [6.45, 7) is 1.91. The summed E-state index contributed by atoms with van der Waals surface area (Å²) in [5, 5.41) is 4.31. The van der Waals surface area contributed by atoms with Crippen LogP contribution in [0, 0.1) is 0 Å². The maximum absolute atomic E-state index is 5.80. The molecule has 1 aliphatic carbocycles. The highest BCUT2D eigenvalue weighted by atomic mass is 32.1. The van der Waals surface area contributed by atoms with E-state index in [1.54, 1.807) is 0 Å². The van der Waals surface area contributed by atoms with E-state index >= 15 is 0 Å². The molecule has 0 unspecified atom stereocenters. The minimum Gasteiger partial charge on any atom is -0.399 e. The molecular weight excluding hydrogens is 230 g/mol. The maximum Gasteiger partial charge on any atom is 0.169 e. The molecule has 17 heavy (non-hydrogen) atoms. The lowest BCUT2D eigenvalue weighted by Gasteiger charge is -2.31. The maximum atomic E-state index is 5.80. The molecule has 3 N–H and O–H groups in total. The molecule has 1 saturated carbocycles. The molecule has 1 aromatic carbocycles. The summed E-state index contributed by atoms with van der Waals surface area (Å²) in [6.07, 6.45) is 3.56. The molecule has 0 saturated heterocycles. The summed E-state index contributed by atoms with van der Waals surface area (Å²) in [7, 11) is 0. The van der Waals surface area contributed by atoms with E-state index in [1.807, 2.05) is 6.07 Å². The van der Waals surface area contributed by atoms with Gasteiger partial charge >= 0.3 is 0 Å². The normalized spacial score (nSPS) is 18.7. The Bertz CT molecular complexity index is 454. The molecule has 4 heteroatoms. The molecule has 3 rings (SSSR count). The number of hydrogen-bond donors (Lipinski definition) is 2. The number of rotatable bonds is 1. The number of nitrogens with one attached hydrogen (secondary N) is 1. The second kappa shape index (κ2) is 4.18. The number of nitrogens with two attached hydrogens (primary N) is 1. The Balaban J connectivity index is 1.71. The van der Waals surface area contributed by atoms with Gasteiger partial charge in [0.25, 0.3) is 0 Å². The van der Waals surface area contributed by atoms with Crippen LogP contribution in [0.1, 0.15) is 24.0 Å². The molecule has 0 bridgehead atoms. The largest absolute Gasteiger partial charge is 0.399 e. The van der Waals surface area contributed by atoms with Crippen molar-refractivity contribution in [2.45, 2.75) is 31.8 Å². The van der Waals surface area contributed by atoms with Crippen LogP contribution < -0.4 is 11.1 Å². The predicted octanol–water partition coefficient (Wildman–Crippen LogP) is 1.66. The minimum absolute atomic E-state index is 0.635. The SMILES string of the molecule is Nc1ccc2c(c1)CCN(C(=S)NC1CC1)C2. The number of nitrogens with zero attached hydrogens (tertiary/aromatic N) is 1. The quantitative estimate of drug-likeness (QED) is 0.585. The van der Waals surface area contributed by atoms with Gasteiger partial charge in [-0.3, -0.25) is 0 Å². The van der Waals surface area contributed by atoms with Crippen LogP contribution in [0.2, 0.25) is 0 Å². The molecule has 90 valence electrons. The van der Waals surface area contributed by atoms with Crippen LogP contribution in [0.4, 0.5) is 5.69 Å². The van der Waals surface area contributed by atoms with E-state index in [-0.39, 0.29) is 0 Å². The zero-order valence-corrected chi connectivity index (χ0v) is 10.6. The van der Waals surface area contributed by atoms with Gasteiger partial charge in [-0.15, -0.1) is 0 Å². The Morgan fingerprint density at radius 3 is 2.94 bits per heavy atom. The van der Waals surface area contributed by atoms with Crippen LogP contribution in [0.3, 0.4) is 0 Å². The Hall–Kier alpha value is -1.29. The number of anilines is 1. The Kier molecular flexibility index (Phi) is 2.67. The van der Waals surface area contributed by atoms with E-state index < -0.39 is 0 Å². The van der Waals surface area contributed by atoms with E-state index in [0.29, 0.717) is 6.04 Å². The lowest BCUT2D eigenvalue weighted by molar-refractivity contribution is 0.387. The second-order valence-corrected chi connectivity index (χ2v) is 5.31. The number of hydrogen-bond acceptors (Lipinski definition) is 2. The molecular formula is C13H17N3S. The van der Waals surface area contributed by atoms with Gasteiger partial charge < -0.3 is 16.0 Å². The third-order valence-electron chi connectivity index (χ3n) is 3.43. The van der Waals surface area contributed by atoms with Gasteiger partial charge in [0.1, 0.15) is 0 Å². The average molecular weight is 247 g/mol. The van der Waals surface area contributed by atoms with Gasteiger partial charge in [-0.25, -0.2) is 0 Å². The first-order valence-electron chi connectivity index (χ1n) is 6.15. The first kappa shape index (κ1) is 10.8. The molecule has 1 fully saturated rings. The summed E-state index contributed by atoms with van der Waals surface area (Å²) in [5.74, 6) is 0. The van der Waals surface area contributed by atoms with E-state index in [0.717, 1.165) is 30.3 Å². The number of benzene rings is 1. The van der Waals surface area contributed by atoms with Gasteiger partial charge in [-0.2, -0.15) is 0 Å². The smallest absolute Gasteiger partial charge is 0.169 e. The van der Waals surface area contributed by atoms with Gasteiger partial charge in [-0.1, -0.05) is 6.07 Å². The van der Waals surface area contributed by atoms with Crippen molar-refractivity contribution in [1.82, 2.24) is 10.2 Å². The summed E-state index contributed by atoms with van der Waals surface area (Å²) in [4.78, 5) is 2.26. The summed E-state index contributed by atoms with van der Waals surface area (Å²) >= 11 is 5.44. The van der Waals surface area contributed by atoms with Crippen LogP contribution in [0.5, 0.6) is 0 Å². The molecule has 0 amide bonds. The van der Waals surface area contributed by atoms with Gasteiger partial charge in [0.05, 0.1) is 0 Å². The molecule has 3 nitrogen and oxygen atoms in total. The summed E-state index contributed by atoms with van der Waals surface area (Å²) in [5.41, 5.74) is 9.38. The van der Waals surface area contributed by atoms with Gasteiger partial charge in [0.15, 0.2) is 5.11 Å². The van der Waals surface area contributed by atoms with Crippen molar-refractivity contribution < 1.29 is 0 Å². The molecule has 0 spiro atoms. The van der Waals surface area contributed by atoms with E-state index in [9.17, 15) is 0 Å². The van der Waals surface area contributed by atoms with E-state index in [2.05, 4.69) is 22.3 Å². The van der Waals surface area contributed by atoms with Crippen LogP contribution in [0.15, 0.2) is 18.2 Å². The topological polar surface area (TPSA) is 41.3 Å². The third kappa shape index (κ3) is 2.36. The first-order chi connectivity index (χ1) is 8.22. The number of fused-ring (bicyclic) bond motifs is 1. The minimum atomic E-state index is 0.635. The van der Waals surface area contributed by atoms with Crippen molar-refractivity contribution in [3.8, 4) is 0 Å². The fourth-order valence-electron chi connectivity index (χ4n) is 2.24. The molecule has 1 heterocycles. The lowest BCUT2D eigenvalue weighted by Crippen LogP contribution is -2.43. The predicted molar refractivity (Wildman–Crippen MR) is 73.7 cm³/mol. The molecule has 1 aliphatic heterocycles. The number of nitrogen functional groups attached to an aromatic ring is 1. The Labute approximate surface area is 107 Å². The Morgan fingerprint density at radius 2 is 2.18 bits per heavy atom. The highest BCUT2D eigenvalue weighted by Crippen LogP contribution is 2.23. The molecule has 0 aromatic heterocycles. The zero-order valence-electron chi connectivity index (χ0n) is 9.78. The van der Waals surface area contributed by atoms with Gasteiger partial charge in [0.2, 0.25) is 0 Å². The van der Waals surface area contributed by atoms with Crippen molar-refractivity contribution >= 4 is 23.0 Å². The molecule has 0 radical (unpaired) electrons. The van der Waals surface area contributed by atoms with Crippen LogP contribution in [-0.4, -0.2) is 22.6 Å². The third-order valence-corrected chi connectivity index (χ3v) is 3.81. The van der Waals surface area contributed by atoms with Crippen molar-refractivity contribution in [2.75, 3.05) is 12.3 Å². The summed E-state index contributed by atoms with van der Waals surface area (Å²) < 4.78 is 0. The standard InChI is InChI=1S/C13H17N3S/c14-11-2-1-10-8-16(6-5-9(10)7-11)13(17)15-12-3-4-12/h1-2,7,12H,3-6,8,14H2,(H,15,17). The van der Waals surface area contributed by atoms with Crippen molar-refractivity contribution in [1.29, 1.82) is 0 Å². The van der Waals surface area contributed by atoms with Crippen LogP contribution >= 0.6 is 12.2 Å². The second-order valence-electron chi connectivity index (χ2n) is 4.92. The molecule has 1 aromatic rings. The monoisotopic (exact) mass is 247 g/mol. The van der Waals surface area contributed by atoms with E-state index in [1.165, 1.54) is 24.0 Å². The van der Waals surface area contributed by atoms with E-state index in [4.69, 9.17) is 18.0 Å².